The molecule has 1 N–H and O–H groups in total. The standard InChI is InChI=1S/C12H20N2O4/c1-2-13-9-5-3-4-6-12(17)18-14-10(15)7-8-11(14)16/h13H,2-9H2,1H3. The molecule has 1 heterocycles. The van der Waals surface area contributed by atoms with E-state index < -0.39 is 17.8 Å². The third-order valence-corrected chi connectivity index (χ3v) is 2.68. The van der Waals surface area contributed by atoms with Gasteiger partial charge in [0.25, 0.3) is 11.8 Å². The molecular weight excluding hydrogens is 236 g/mol. The number of nitrogens with one attached hydrogen (secondary N) is 1. The molecule has 0 aromatic carbocycles. The number of carbonyl (C=O) groups is 3. The molecule has 0 aromatic heterocycles. The van der Waals surface area contributed by atoms with Crippen LogP contribution in [0.1, 0.15) is 45.4 Å². The smallest absolute Gasteiger partial charge is 0.330 e. The molecular formula is C12H20N2O4. The molecule has 1 aliphatic heterocycles. The number of hydrogen-bond donors (Lipinski definition) is 1. The van der Waals surface area contributed by atoms with E-state index in [0.717, 1.165) is 25.9 Å². The van der Waals surface area contributed by atoms with Gasteiger partial charge in [0.1, 0.15) is 0 Å². The van der Waals surface area contributed by atoms with E-state index >= 15 is 0 Å². The Labute approximate surface area is 107 Å². The first kappa shape index (κ1) is 14.6. The maximum absolute atomic E-state index is 11.4. The summed E-state index contributed by atoms with van der Waals surface area (Å²) >= 11 is 0. The van der Waals surface area contributed by atoms with Gasteiger partial charge in [-0.2, -0.15) is 0 Å². The molecule has 0 aromatic rings. The Balaban J connectivity index is 2.10. The Hall–Kier alpha value is -1.43. The third kappa shape index (κ3) is 4.83. The van der Waals surface area contributed by atoms with E-state index in [1.54, 1.807) is 0 Å². The van der Waals surface area contributed by atoms with Crippen LogP contribution in [0.5, 0.6) is 0 Å². The molecule has 0 bridgehead atoms. The van der Waals surface area contributed by atoms with Crippen molar-refractivity contribution in [3.05, 3.63) is 0 Å². The second-order valence-electron chi connectivity index (χ2n) is 4.21. The summed E-state index contributed by atoms with van der Waals surface area (Å²) in [5.41, 5.74) is 0. The van der Waals surface area contributed by atoms with Gasteiger partial charge in [0.05, 0.1) is 0 Å². The van der Waals surface area contributed by atoms with Crippen LogP contribution in [0.25, 0.3) is 0 Å². The molecule has 1 aliphatic rings. The van der Waals surface area contributed by atoms with Crippen molar-refractivity contribution in [1.29, 1.82) is 0 Å². The van der Waals surface area contributed by atoms with Crippen molar-refractivity contribution in [2.45, 2.75) is 45.4 Å². The highest BCUT2D eigenvalue weighted by Crippen LogP contribution is 2.13. The fourth-order valence-electron chi connectivity index (χ4n) is 1.68. The monoisotopic (exact) mass is 256 g/mol. The number of unbranched alkanes of at least 4 members (excludes halogenated alkanes) is 2. The fourth-order valence-corrected chi connectivity index (χ4v) is 1.68. The molecule has 1 fully saturated rings. The number of carbonyl (C=O) groups excluding carboxylic acids is 3. The van der Waals surface area contributed by atoms with Crippen molar-refractivity contribution in [2.75, 3.05) is 13.1 Å². The number of rotatable bonds is 8. The zero-order valence-electron chi connectivity index (χ0n) is 10.7. The van der Waals surface area contributed by atoms with Crippen molar-refractivity contribution in [2.24, 2.45) is 0 Å². The molecule has 0 unspecified atom stereocenters. The van der Waals surface area contributed by atoms with Gasteiger partial charge in [-0.1, -0.05) is 13.3 Å². The third-order valence-electron chi connectivity index (χ3n) is 2.68. The molecule has 6 nitrogen and oxygen atoms in total. The van der Waals surface area contributed by atoms with Crippen LogP contribution in [0, 0.1) is 0 Å². The van der Waals surface area contributed by atoms with Crippen LogP contribution in [0.2, 0.25) is 0 Å². The van der Waals surface area contributed by atoms with Crippen LogP contribution < -0.4 is 5.32 Å². The molecule has 1 saturated heterocycles. The highest BCUT2D eigenvalue weighted by molar-refractivity contribution is 6.01. The molecule has 0 spiro atoms. The Morgan fingerprint density at radius 3 is 2.50 bits per heavy atom. The number of hydrogen-bond acceptors (Lipinski definition) is 5. The molecule has 0 saturated carbocycles. The summed E-state index contributed by atoms with van der Waals surface area (Å²) in [4.78, 5) is 38.5. The summed E-state index contributed by atoms with van der Waals surface area (Å²) in [5, 5.41) is 3.79. The van der Waals surface area contributed by atoms with Gasteiger partial charge in [-0.25, -0.2) is 4.79 Å². The Kier molecular flexibility index (Phi) is 6.35. The van der Waals surface area contributed by atoms with Gasteiger partial charge in [-0.05, 0) is 25.9 Å². The first-order valence-corrected chi connectivity index (χ1v) is 6.42. The van der Waals surface area contributed by atoms with E-state index in [0.29, 0.717) is 11.5 Å². The average molecular weight is 256 g/mol. The van der Waals surface area contributed by atoms with E-state index in [1.165, 1.54) is 0 Å². The van der Waals surface area contributed by atoms with Crippen LogP contribution in [-0.2, 0) is 19.2 Å². The predicted molar refractivity (Wildman–Crippen MR) is 64.2 cm³/mol. The van der Waals surface area contributed by atoms with Crippen LogP contribution in [0.3, 0.4) is 0 Å². The Bertz CT molecular complexity index is 301. The van der Waals surface area contributed by atoms with Gasteiger partial charge in [0, 0.05) is 19.3 Å². The van der Waals surface area contributed by atoms with E-state index in [2.05, 4.69) is 5.32 Å². The van der Waals surface area contributed by atoms with Crippen molar-refractivity contribution in [1.82, 2.24) is 10.4 Å². The molecule has 2 amide bonds. The van der Waals surface area contributed by atoms with Crippen LogP contribution in [0.15, 0.2) is 0 Å². The van der Waals surface area contributed by atoms with Gasteiger partial charge in [-0.3, -0.25) is 9.59 Å². The van der Waals surface area contributed by atoms with Crippen molar-refractivity contribution >= 4 is 17.8 Å². The van der Waals surface area contributed by atoms with Gasteiger partial charge < -0.3 is 10.2 Å². The molecule has 18 heavy (non-hydrogen) atoms. The van der Waals surface area contributed by atoms with Gasteiger partial charge >= 0.3 is 5.97 Å². The molecule has 0 aliphatic carbocycles. The lowest BCUT2D eigenvalue weighted by Crippen LogP contribution is -2.31. The first-order chi connectivity index (χ1) is 8.65. The van der Waals surface area contributed by atoms with Crippen molar-refractivity contribution < 1.29 is 19.2 Å². The predicted octanol–water partition coefficient (Wildman–Crippen LogP) is 0.763. The van der Waals surface area contributed by atoms with Crippen LogP contribution >= 0.6 is 0 Å². The minimum atomic E-state index is -0.512. The Morgan fingerprint density at radius 1 is 1.22 bits per heavy atom. The number of imide groups is 1. The van der Waals surface area contributed by atoms with E-state index in [1.807, 2.05) is 6.92 Å². The van der Waals surface area contributed by atoms with Crippen molar-refractivity contribution in [3.63, 3.8) is 0 Å². The highest BCUT2D eigenvalue weighted by atomic mass is 16.7. The zero-order chi connectivity index (χ0) is 13.4. The normalized spacial score (nSPS) is 15.3. The largest absolute Gasteiger partial charge is 0.333 e. The molecule has 102 valence electrons. The molecule has 6 heteroatoms. The number of amides is 2. The lowest BCUT2D eigenvalue weighted by atomic mass is 10.2. The Morgan fingerprint density at radius 2 is 1.89 bits per heavy atom. The molecule has 0 radical (unpaired) electrons. The number of hydroxylamine groups is 2. The van der Waals surface area contributed by atoms with E-state index in [-0.39, 0.29) is 19.3 Å². The summed E-state index contributed by atoms with van der Waals surface area (Å²) in [6, 6.07) is 0. The van der Waals surface area contributed by atoms with Gasteiger partial charge in [0.15, 0.2) is 0 Å². The van der Waals surface area contributed by atoms with Crippen LogP contribution in [-0.4, -0.2) is 35.9 Å². The van der Waals surface area contributed by atoms with Crippen molar-refractivity contribution in [3.8, 4) is 0 Å². The summed E-state index contributed by atoms with van der Waals surface area (Å²) in [7, 11) is 0. The summed E-state index contributed by atoms with van der Waals surface area (Å²) in [5.74, 6) is -1.37. The lowest BCUT2D eigenvalue weighted by molar-refractivity contribution is -0.197. The lowest BCUT2D eigenvalue weighted by Gasteiger charge is -2.12. The maximum atomic E-state index is 11.4. The number of nitrogens with zero attached hydrogens (tertiary/aromatic N) is 1. The summed E-state index contributed by atoms with van der Waals surface area (Å²) in [6.07, 6.45) is 3.14. The summed E-state index contributed by atoms with van der Waals surface area (Å²) in [6.45, 7) is 3.93. The summed E-state index contributed by atoms with van der Waals surface area (Å²) < 4.78 is 0. The second-order valence-corrected chi connectivity index (χ2v) is 4.21. The zero-order valence-corrected chi connectivity index (χ0v) is 10.7. The van der Waals surface area contributed by atoms with E-state index in [9.17, 15) is 14.4 Å². The topological polar surface area (TPSA) is 75.7 Å². The SMILES string of the molecule is CCNCCCCCC(=O)ON1C(=O)CCC1=O. The highest BCUT2D eigenvalue weighted by Gasteiger charge is 2.32. The van der Waals surface area contributed by atoms with E-state index in [4.69, 9.17) is 4.84 Å². The fraction of sp³-hybridized carbons (Fsp3) is 0.750. The molecule has 1 rings (SSSR count). The minimum Gasteiger partial charge on any atom is -0.330 e. The first-order valence-electron chi connectivity index (χ1n) is 6.42. The molecule has 0 atom stereocenters. The quantitative estimate of drug-likeness (QED) is 0.512. The average Bonchev–Trinajstić information content (AvgIpc) is 2.65. The van der Waals surface area contributed by atoms with Crippen LogP contribution in [0.4, 0.5) is 0 Å². The maximum Gasteiger partial charge on any atom is 0.333 e. The van der Waals surface area contributed by atoms with Gasteiger partial charge in [0.2, 0.25) is 0 Å². The van der Waals surface area contributed by atoms with Gasteiger partial charge in [-0.15, -0.1) is 5.06 Å². The minimum absolute atomic E-state index is 0.134. The second kappa shape index (κ2) is 7.81.